The maximum Gasteiger partial charge on any atom is 0.277 e. The van der Waals surface area contributed by atoms with Crippen molar-refractivity contribution in [3.63, 3.8) is 0 Å². The first kappa shape index (κ1) is 22.8. The molecular formula is C23H27FN4O2S. The zero-order chi connectivity index (χ0) is 22.4. The van der Waals surface area contributed by atoms with Gasteiger partial charge < -0.3 is 14.6 Å². The lowest BCUT2D eigenvalue weighted by Crippen LogP contribution is -2.33. The van der Waals surface area contributed by atoms with Crippen molar-refractivity contribution in [2.45, 2.75) is 44.2 Å². The molecule has 6 nitrogen and oxygen atoms in total. The summed E-state index contributed by atoms with van der Waals surface area (Å²) in [6.45, 7) is 9.76. The van der Waals surface area contributed by atoms with E-state index in [9.17, 15) is 9.18 Å². The number of aromatic nitrogens is 2. The fourth-order valence-corrected chi connectivity index (χ4v) is 3.84. The number of nitrogens with one attached hydrogen (secondary N) is 1. The van der Waals surface area contributed by atoms with Crippen molar-refractivity contribution in [3.8, 4) is 11.5 Å². The number of hydrogen-bond donors (Lipinski definition) is 1. The highest BCUT2D eigenvalue weighted by molar-refractivity contribution is 8.00. The van der Waals surface area contributed by atoms with E-state index in [1.54, 1.807) is 19.1 Å². The SMILES string of the molecule is CCN(CC)c1ccc(-c2nnc(S[C@@H](C)C(=O)N[C@@H](C)c3ccc(F)cc3)o2)cc1. The van der Waals surface area contributed by atoms with Gasteiger partial charge in [0.25, 0.3) is 5.22 Å². The molecule has 164 valence electrons. The summed E-state index contributed by atoms with van der Waals surface area (Å²) in [6.07, 6.45) is 0. The highest BCUT2D eigenvalue weighted by atomic mass is 32.2. The van der Waals surface area contributed by atoms with Crippen LogP contribution in [0.5, 0.6) is 0 Å². The van der Waals surface area contributed by atoms with Crippen LogP contribution in [0.2, 0.25) is 0 Å². The fraction of sp³-hybridized carbons (Fsp3) is 0.348. The zero-order valence-electron chi connectivity index (χ0n) is 18.1. The Morgan fingerprint density at radius 2 is 1.71 bits per heavy atom. The topological polar surface area (TPSA) is 71.3 Å². The van der Waals surface area contributed by atoms with E-state index in [-0.39, 0.29) is 17.8 Å². The molecule has 3 aromatic rings. The third kappa shape index (κ3) is 5.85. The summed E-state index contributed by atoms with van der Waals surface area (Å²) in [7, 11) is 0. The largest absolute Gasteiger partial charge is 0.411 e. The second-order valence-electron chi connectivity index (χ2n) is 7.13. The molecule has 2 aromatic carbocycles. The first-order valence-corrected chi connectivity index (χ1v) is 11.2. The summed E-state index contributed by atoms with van der Waals surface area (Å²) >= 11 is 1.20. The van der Waals surface area contributed by atoms with Crippen LogP contribution in [-0.4, -0.2) is 34.4 Å². The molecule has 2 atom stereocenters. The average Bonchev–Trinajstić information content (AvgIpc) is 3.24. The first-order valence-electron chi connectivity index (χ1n) is 10.3. The van der Waals surface area contributed by atoms with Crippen LogP contribution >= 0.6 is 11.8 Å². The Hall–Kier alpha value is -2.87. The first-order chi connectivity index (χ1) is 14.9. The smallest absolute Gasteiger partial charge is 0.277 e. The minimum Gasteiger partial charge on any atom is -0.411 e. The normalized spacial score (nSPS) is 12.9. The number of carbonyl (C=O) groups is 1. The summed E-state index contributed by atoms with van der Waals surface area (Å²) in [5, 5.41) is 11.0. The van der Waals surface area contributed by atoms with Crippen LogP contribution < -0.4 is 10.2 Å². The highest BCUT2D eigenvalue weighted by Gasteiger charge is 2.20. The van der Waals surface area contributed by atoms with E-state index in [1.165, 1.54) is 23.9 Å². The van der Waals surface area contributed by atoms with E-state index in [1.807, 2.05) is 31.2 Å². The second kappa shape index (κ2) is 10.4. The Kier molecular flexibility index (Phi) is 7.68. The maximum atomic E-state index is 13.1. The van der Waals surface area contributed by atoms with E-state index >= 15 is 0 Å². The van der Waals surface area contributed by atoms with Gasteiger partial charge in [0, 0.05) is 24.3 Å². The van der Waals surface area contributed by atoms with E-state index in [2.05, 4.69) is 34.3 Å². The Bertz CT molecular complexity index is 988. The van der Waals surface area contributed by atoms with Crippen LogP contribution in [0.4, 0.5) is 10.1 Å². The highest BCUT2D eigenvalue weighted by Crippen LogP contribution is 2.28. The number of thioether (sulfide) groups is 1. The molecule has 0 saturated heterocycles. The molecule has 8 heteroatoms. The van der Waals surface area contributed by atoms with E-state index in [0.717, 1.165) is 29.9 Å². The summed E-state index contributed by atoms with van der Waals surface area (Å²) < 4.78 is 18.8. The van der Waals surface area contributed by atoms with Gasteiger partial charge in [-0.2, -0.15) is 0 Å². The van der Waals surface area contributed by atoms with Crippen molar-refractivity contribution in [2.75, 3.05) is 18.0 Å². The minimum absolute atomic E-state index is 0.162. The number of benzene rings is 2. The van der Waals surface area contributed by atoms with Gasteiger partial charge in [0.05, 0.1) is 11.3 Å². The van der Waals surface area contributed by atoms with Crippen molar-refractivity contribution in [1.82, 2.24) is 15.5 Å². The van der Waals surface area contributed by atoms with Crippen LogP contribution in [0.3, 0.4) is 0 Å². The molecule has 31 heavy (non-hydrogen) atoms. The van der Waals surface area contributed by atoms with Gasteiger partial charge in [-0.25, -0.2) is 4.39 Å². The molecule has 0 aliphatic carbocycles. The van der Waals surface area contributed by atoms with Gasteiger partial charge in [0.1, 0.15) is 5.82 Å². The molecule has 1 amide bonds. The lowest BCUT2D eigenvalue weighted by molar-refractivity contribution is -0.120. The van der Waals surface area contributed by atoms with Gasteiger partial charge in [-0.05, 0) is 69.7 Å². The molecule has 0 saturated carbocycles. The van der Waals surface area contributed by atoms with Gasteiger partial charge in [-0.3, -0.25) is 4.79 Å². The summed E-state index contributed by atoms with van der Waals surface area (Å²) in [5.74, 6) is -0.0490. The van der Waals surface area contributed by atoms with Crippen molar-refractivity contribution >= 4 is 23.4 Å². The van der Waals surface area contributed by atoms with E-state index < -0.39 is 5.25 Å². The molecule has 3 rings (SSSR count). The number of halogens is 1. The van der Waals surface area contributed by atoms with Crippen molar-refractivity contribution in [3.05, 3.63) is 59.9 Å². The Morgan fingerprint density at radius 1 is 1.06 bits per heavy atom. The van der Waals surface area contributed by atoms with Crippen LogP contribution in [0.25, 0.3) is 11.5 Å². The average molecular weight is 443 g/mol. The molecule has 0 fully saturated rings. The number of amides is 1. The Labute approximate surface area is 186 Å². The molecule has 1 heterocycles. The number of anilines is 1. The zero-order valence-corrected chi connectivity index (χ0v) is 18.9. The molecule has 0 unspecified atom stereocenters. The molecule has 0 bridgehead atoms. The predicted octanol–water partition coefficient (Wildman–Crippen LogP) is 5.08. The third-order valence-corrected chi connectivity index (χ3v) is 5.96. The summed E-state index contributed by atoms with van der Waals surface area (Å²) in [5.41, 5.74) is 2.81. The maximum absolute atomic E-state index is 13.1. The van der Waals surface area contributed by atoms with Crippen LogP contribution in [0, 0.1) is 5.82 Å². The number of rotatable bonds is 9. The van der Waals surface area contributed by atoms with E-state index in [4.69, 9.17) is 4.42 Å². The van der Waals surface area contributed by atoms with Crippen LogP contribution in [-0.2, 0) is 4.79 Å². The lowest BCUT2D eigenvalue weighted by Gasteiger charge is -2.20. The van der Waals surface area contributed by atoms with Gasteiger partial charge in [0.15, 0.2) is 0 Å². The number of nitrogens with zero attached hydrogens (tertiary/aromatic N) is 3. The standard InChI is InChI=1S/C23H27FN4O2S/c1-5-28(6-2)20-13-9-18(10-14-20)22-26-27-23(30-22)31-16(4)21(29)25-15(3)17-7-11-19(24)12-8-17/h7-16H,5-6H2,1-4H3,(H,25,29)/t15-,16-/m0/s1. The molecule has 0 spiro atoms. The monoisotopic (exact) mass is 442 g/mol. The molecule has 0 aliphatic heterocycles. The predicted molar refractivity (Wildman–Crippen MR) is 122 cm³/mol. The quantitative estimate of drug-likeness (QED) is 0.466. The van der Waals surface area contributed by atoms with E-state index in [0.29, 0.717) is 11.1 Å². The van der Waals surface area contributed by atoms with Crippen LogP contribution in [0.15, 0.2) is 58.2 Å². The summed E-state index contributed by atoms with van der Waals surface area (Å²) in [6, 6.07) is 13.8. The van der Waals surface area contributed by atoms with Gasteiger partial charge >= 0.3 is 0 Å². The van der Waals surface area contributed by atoms with Crippen molar-refractivity contribution in [2.24, 2.45) is 0 Å². The molecule has 0 aliphatic rings. The fourth-order valence-electron chi connectivity index (χ4n) is 3.15. The minimum atomic E-state index is -0.429. The van der Waals surface area contributed by atoms with Crippen LogP contribution in [0.1, 0.15) is 39.3 Å². The Morgan fingerprint density at radius 3 is 2.32 bits per heavy atom. The van der Waals surface area contributed by atoms with Crippen molar-refractivity contribution < 1.29 is 13.6 Å². The number of hydrogen-bond acceptors (Lipinski definition) is 6. The Balaban J connectivity index is 1.59. The number of carbonyl (C=O) groups excluding carboxylic acids is 1. The van der Waals surface area contributed by atoms with Gasteiger partial charge in [0.2, 0.25) is 11.8 Å². The van der Waals surface area contributed by atoms with Gasteiger partial charge in [-0.1, -0.05) is 23.9 Å². The lowest BCUT2D eigenvalue weighted by atomic mass is 10.1. The third-order valence-electron chi connectivity index (χ3n) is 5.02. The molecule has 1 aromatic heterocycles. The van der Waals surface area contributed by atoms with Crippen molar-refractivity contribution in [1.29, 1.82) is 0 Å². The molecular weight excluding hydrogens is 415 g/mol. The second-order valence-corrected chi connectivity index (χ2v) is 8.43. The molecule has 0 radical (unpaired) electrons. The summed E-state index contributed by atoms with van der Waals surface area (Å²) in [4.78, 5) is 14.8. The molecule has 1 N–H and O–H groups in total. The van der Waals surface area contributed by atoms with Gasteiger partial charge in [-0.15, -0.1) is 10.2 Å².